The molecule has 2 aromatic rings. The van der Waals surface area contributed by atoms with Crippen LogP contribution < -0.4 is 0 Å². The van der Waals surface area contributed by atoms with E-state index in [0.717, 1.165) is 28.7 Å². The molecular formula is C14H14N2O2. The number of hydrogen-bond donors (Lipinski definition) is 1. The number of nitrogens with zero attached hydrogens (tertiary/aromatic N) is 2. The Hall–Kier alpha value is -2.36. The maximum atomic E-state index is 10.5. The van der Waals surface area contributed by atoms with Crippen LogP contribution in [0, 0.1) is 13.8 Å². The molecule has 4 heteroatoms. The lowest BCUT2D eigenvalue weighted by atomic mass is 10.1. The first-order chi connectivity index (χ1) is 8.58. The summed E-state index contributed by atoms with van der Waals surface area (Å²) in [5.41, 5.74) is 2.95. The van der Waals surface area contributed by atoms with E-state index in [-0.39, 0.29) is 0 Å². The van der Waals surface area contributed by atoms with Crippen LogP contribution in [0.2, 0.25) is 0 Å². The summed E-state index contributed by atoms with van der Waals surface area (Å²) in [4.78, 5) is 14.7. The highest BCUT2D eigenvalue weighted by atomic mass is 16.4. The van der Waals surface area contributed by atoms with Gasteiger partial charge in [-0.15, -0.1) is 0 Å². The molecule has 0 aliphatic rings. The summed E-state index contributed by atoms with van der Waals surface area (Å²) in [6.45, 7) is 3.89. The molecule has 4 nitrogen and oxygen atoms in total. The maximum Gasteiger partial charge on any atom is 0.328 e. The second-order valence-corrected chi connectivity index (χ2v) is 4.06. The summed E-state index contributed by atoms with van der Waals surface area (Å²) in [6, 6.07) is 5.86. The van der Waals surface area contributed by atoms with Gasteiger partial charge in [0.1, 0.15) is 5.82 Å². The van der Waals surface area contributed by atoms with Crippen LogP contribution in [0.3, 0.4) is 0 Å². The molecule has 1 heterocycles. The van der Waals surface area contributed by atoms with Crippen molar-refractivity contribution in [1.29, 1.82) is 0 Å². The minimum absolute atomic E-state index is 0.902. The van der Waals surface area contributed by atoms with E-state index in [4.69, 9.17) is 5.11 Å². The summed E-state index contributed by atoms with van der Waals surface area (Å²) in [5.74, 6) is -0.0211. The standard InChI is InChI=1S/C14H14N2O2/c1-10-9-13(16-8-7-15-11(16)2)5-3-12(10)4-6-14(17)18/h3-9H,1-2H3,(H,17,18). The smallest absolute Gasteiger partial charge is 0.328 e. The zero-order valence-corrected chi connectivity index (χ0v) is 10.3. The molecule has 0 radical (unpaired) electrons. The maximum absolute atomic E-state index is 10.5. The lowest BCUT2D eigenvalue weighted by molar-refractivity contribution is -0.131. The monoisotopic (exact) mass is 242 g/mol. The van der Waals surface area contributed by atoms with E-state index in [1.165, 1.54) is 0 Å². The van der Waals surface area contributed by atoms with E-state index in [0.29, 0.717) is 0 Å². The SMILES string of the molecule is Cc1cc(-n2ccnc2C)ccc1C=CC(=O)O. The first-order valence-electron chi connectivity index (χ1n) is 5.60. The highest BCUT2D eigenvalue weighted by molar-refractivity contribution is 5.85. The van der Waals surface area contributed by atoms with Crippen LogP contribution in [0.4, 0.5) is 0 Å². The van der Waals surface area contributed by atoms with Crippen LogP contribution in [-0.2, 0) is 4.79 Å². The van der Waals surface area contributed by atoms with Gasteiger partial charge < -0.3 is 9.67 Å². The van der Waals surface area contributed by atoms with E-state index in [2.05, 4.69) is 4.98 Å². The highest BCUT2D eigenvalue weighted by Crippen LogP contribution is 2.17. The quantitative estimate of drug-likeness (QED) is 0.842. The van der Waals surface area contributed by atoms with E-state index in [1.54, 1.807) is 12.3 Å². The van der Waals surface area contributed by atoms with Crippen molar-refractivity contribution in [2.45, 2.75) is 13.8 Å². The first kappa shape index (κ1) is 12.1. The largest absolute Gasteiger partial charge is 0.478 e. The number of hydrogen-bond acceptors (Lipinski definition) is 2. The van der Waals surface area contributed by atoms with Crippen molar-refractivity contribution in [3.63, 3.8) is 0 Å². The third-order valence-electron chi connectivity index (χ3n) is 2.76. The van der Waals surface area contributed by atoms with Gasteiger partial charge in [0, 0.05) is 24.2 Å². The van der Waals surface area contributed by atoms with Crippen LogP contribution in [0.5, 0.6) is 0 Å². The molecule has 1 aromatic heterocycles. The number of aromatic nitrogens is 2. The highest BCUT2D eigenvalue weighted by Gasteiger charge is 2.02. The number of carbonyl (C=O) groups is 1. The van der Waals surface area contributed by atoms with Gasteiger partial charge in [0.05, 0.1) is 0 Å². The number of carboxylic acid groups (broad SMARTS) is 1. The fourth-order valence-electron chi connectivity index (χ4n) is 1.81. The lowest BCUT2D eigenvalue weighted by Crippen LogP contribution is -1.96. The Labute approximate surface area is 105 Å². The topological polar surface area (TPSA) is 55.1 Å². The fourth-order valence-corrected chi connectivity index (χ4v) is 1.81. The van der Waals surface area contributed by atoms with Crippen LogP contribution >= 0.6 is 0 Å². The first-order valence-corrected chi connectivity index (χ1v) is 5.60. The number of benzene rings is 1. The third kappa shape index (κ3) is 2.48. The molecule has 18 heavy (non-hydrogen) atoms. The van der Waals surface area contributed by atoms with Gasteiger partial charge in [-0.3, -0.25) is 0 Å². The molecule has 0 amide bonds. The van der Waals surface area contributed by atoms with Crippen molar-refractivity contribution in [3.8, 4) is 5.69 Å². The minimum atomic E-state index is -0.941. The Morgan fingerprint density at radius 2 is 2.17 bits per heavy atom. The number of aliphatic carboxylic acids is 1. The molecular weight excluding hydrogens is 228 g/mol. The van der Waals surface area contributed by atoms with Crippen molar-refractivity contribution in [2.75, 3.05) is 0 Å². The molecule has 0 saturated heterocycles. The van der Waals surface area contributed by atoms with Crippen LogP contribution in [0.15, 0.2) is 36.7 Å². The van der Waals surface area contributed by atoms with Crippen LogP contribution in [-0.4, -0.2) is 20.6 Å². The Morgan fingerprint density at radius 1 is 1.39 bits per heavy atom. The van der Waals surface area contributed by atoms with Crippen molar-refractivity contribution in [1.82, 2.24) is 9.55 Å². The van der Waals surface area contributed by atoms with Crippen LogP contribution in [0.1, 0.15) is 17.0 Å². The van der Waals surface area contributed by atoms with E-state index in [9.17, 15) is 4.79 Å². The molecule has 0 spiro atoms. The lowest BCUT2D eigenvalue weighted by Gasteiger charge is -2.08. The summed E-state index contributed by atoms with van der Waals surface area (Å²) in [6.07, 6.45) is 6.40. The zero-order valence-electron chi connectivity index (χ0n) is 10.3. The minimum Gasteiger partial charge on any atom is -0.478 e. The molecule has 0 unspecified atom stereocenters. The van der Waals surface area contributed by atoms with E-state index < -0.39 is 5.97 Å². The summed E-state index contributed by atoms with van der Waals surface area (Å²) >= 11 is 0. The molecule has 1 aromatic carbocycles. The van der Waals surface area contributed by atoms with E-state index in [1.807, 2.05) is 42.8 Å². The van der Waals surface area contributed by atoms with Gasteiger partial charge in [-0.2, -0.15) is 0 Å². The Morgan fingerprint density at radius 3 is 2.72 bits per heavy atom. The third-order valence-corrected chi connectivity index (χ3v) is 2.76. The van der Waals surface area contributed by atoms with Gasteiger partial charge in [-0.1, -0.05) is 6.07 Å². The molecule has 0 saturated carbocycles. The zero-order chi connectivity index (χ0) is 13.1. The molecule has 0 bridgehead atoms. The summed E-state index contributed by atoms with van der Waals surface area (Å²) in [7, 11) is 0. The van der Waals surface area contributed by atoms with Gasteiger partial charge in [-0.05, 0) is 43.2 Å². The van der Waals surface area contributed by atoms with Crippen LogP contribution in [0.25, 0.3) is 11.8 Å². The molecule has 2 rings (SSSR count). The van der Waals surface area contributed by atoms with Crippen molar-refractivity contribution < 1.29 is 9.90 Å². The normalized spacial score (nSPS) is 11.0. The summed E-state index contributed by atoms with van der Waals surface area (Å²) in [5, 5.41) is 8.61. The predicted molar refractivity (Wildman–Crippen MR) is 69.7 cm³/mol. The predicted octanol–water partition coefficient (Wildman–Crippen LogP) is 2.59. The van der Waals surface area contributed by atoms with E-state index >= 15 is 0 Å². The van der Waals surface area contributed by atoms with Crippen molar-refractivity contribution >= 4 is 12.0 Å². The van der Waals surface area contributed by atoms with Gasteiger partial charge in [0.25, 0.3) is 0 Å². The number of aryl methyl sites for hydroxylation is 2. The molecule has 92 valence electrons. The molecule has 0 aliphatic carbocycles. The van der Waals surface area contributed by atoms with Crippen molar-refractivity contribution in [2.24, 2.45) is 0 Å². The molecule has 1 N–H and O–H groups in total. The van der Waals surface area contributed by atoms with Gasteiger partial charge in [0.2, 0.25) is 0 Å². The number of imidazole rings is 1. The Balaban J connectivity index is 2.36. The van der Waals surface area contributed by atoms with Gasteiger partial charge in [-0.25, -0.2) is 9.78 Å². The Bertz CT molecular complexity index is 612. The van der Waals surface area contributed by atoms with Gasteiger partial charge in [0.15, 0.2) is 0 Å². The number of carboxylic acids is 1. The second kappa shape index (κ2) is 4.87. The molecule has 0 fully saturated rings. The molecule has 0 atom stereocenters. The second-order valence-electron chi connectivity index (χ2n) is 4.06. The fraction of sp³-hybridized carbons (Fsp3) is 0.143. The Kier molecular flexibility index (Phi) is 3.28. The van der Waals surface area contributed by atoms with Crippen molar-refractivity contribution in [3.05, 3.63) is 53.6 Å². The summed E-state index contributed by atoms with van der Waals surface area (Å²) < 4.78 is 1.98. The average Bonchev–Trinajstić information content (AvgIpc) is 2.73. The number of rotatable bonds is 3. The van der Waals surface area contributed by atoms with Gasteiger partial charge >= 0.3 is 5.97 Å². The average molecular weight is 242 g/mol. The molecule has 0 aliphatic heterocycles.